The summed E-state index contributed by atoms with van der Waals surface area (Å²) in [5.74, 6) is 3.52. The van der Waals surface area contributed by atoms with E-state index in [1.54, 1.807) is 23.8 Å². The Bertz CT molecular complexity index is 1310. The second-order valence-electron chi connectivity index (χ2n) is 8.83. The van der Waals surface area contributed by atoms with Gasteiger partial charge in [-0.15, -0.1) is 15.3 Å². The maximum absolute atomic E-state index is 6.09. The van der Waals surface area contributed by atoms with Crippen LogP contribution in [0.2, 0.25) is 0 Å². The average Bonchev–Trinajstić information content (AvgIpc) is 3.41. The fourth-order valence-electron chi connectivity index (χ4n) is 4.68. The van der Waals surface area contributed by atoms with Crippen LogP contribution in [0.1, 0.15) is 28.9 Å². The molecule has 33 heavy (non-hydrogen) atoms. The normalized spacial score (nSPS) is 18.2. The highest BCUT2D eigenvalue weighted by molar-refractivity contribution is 5.56. The lowest BCUT2D eigenvalue weighted by atomic mass is 9.76. The molecule has 2 aliphatic rings. The van der Waals surface area contributed by atoms with Gasteiger partial charge in [-0.25, -0.2) is 0 Å². The fraction of sp³-hybridized carbons (Fsp3) is 0.417. The van der Waals surface area contributed by atoms with Crippen LogP contribution in [0.4, 0.5) is 0 Å². The smallest absolute Gasteiger partial charge is 0.275 e. The molecule has 1 aromatic carbocycles. The van der Waals surface area contributed by atoms with Crippen LogP contribution in [0.15, 0.2) is 34.9 Å². The summed E-state index contributed by atoms with van der Waals surface area (Å²) in [4.78, 5) is 0. The second kappa shape index (κ2) is 8.15. The van der Waals surface area contributed by atoms with Crippen LogP contribution >= 0.6 is 0 Å². The standard InChI is InChI=1S/C24H25N5O4/c1-14-7-20(28-33-14)23-26-25-22-10-21(30-2)24(27-29(22)23)32-11-15-3-4-17-9-18(19-12-31-13-19)6-5-16(17)8-15/h3-4,7-8,10,18-19H,5-6,9,11-13H2,1-2H3. The Morgan fingerprint density at radius 3 is 2.76 bits per heavy atom. The third-order valence-electron chi connectivity index (χ3n) is 6.65. The SMILES string of the molecule is COc1cc2nnc(-c3cc(C)on3)n2nc1OCc1ccc2c(c1)CCC(C1COC1)C2. The largest absolute Gasteiger partial charge is 0.491 e. The van der Waals surface area contributed by atoms with Gasteiger partial charge in [0.1, 0.15) is 12.4 Å². The van der Waals surface area contributed by atoms with Crippen molar-refractivity contribution in [2.24, 2.45) is 11.8 Å². The quantitative estimate of drug-likeness (QED) is 0.444. The Kier molecular flexibility index (Phi) is 4.98. The van der Waals surface area contributed by atoms with Gasteiger partial charge >= 0.3 is 0 Å². The molecule has 1 saturated heterocycles. The van der Waals surface area contributed by atoms with Crippen LogP contribution in [0.25, 0.3) is 17.2 Å². The molecule has 0 amide bonds. The van der Waals surface area contributed by atoms with Crippen LogP contribution in [0.3, 0.4) is 0 Å². The van der Waals surface area contributed by atoms with Crippen LogP contribution < -0.4 is 9.47 Å². The Balaban J connectivity index is 1.23. The summed E-state index contributed by atoms with van der Waals surface area (Å²) < 4.78 is 23.7. The monoisotopic (exact) mass is 447 g/mol. The minimum absolute atomic E-state index is 0.369. The topological polar surface area (TPSA) is 96.8 Å². The zero-order valence-electron chi connectivity index (χ0n) is 18.7. The van der Waals surface area contributed by atoms with Crippen molar-refractivity contribution in [3.05, 3.63) is 52.8 Å². The number of methoxy groups -OCH3 is 1. The first-order chi connectivity index (χ1) is 16.2. The summed E-state index contributed by atoms with van der Waals surface area (Å²) in [6.07, 6.45) is 3.49. The summed E-state index contributed by atoms with van der Waals surface area (Å²) in [6, 6.07) is 10.2. The molecule has 0 saturated carbocycles. The van der Waals surface area contributed by atoms with Crippen molar-refractivity contribution >= 4 is 5.65 Å². The van der Waals surface area contributed by atoms with E-state index in [0.29, 0.717) is 41.2 Å². The number of aromatic nitrogens is 5. The molecule has 0 bridgehead atoms. The molecule has 0 N–H and O–H groups in total. The van der Waals surface area contributed by atoms with Gasteiger partial charge in [0.2, 0.25) is 5.82 Å². The maximum Gasteiger partial charge on any atom is 0.275 e. The predicted octanol–water partition coefficient (Wildman–Crippen LogP) is 3.43. The highest BCUT2D eigenvalue weighted by Gasteiger charge is 2.31. The van der Waals surface area contributed by atoms with E-state index in [9.17, 15) is 0 Å². The first-order valence-corrected chi connectivity index (χ1v) is 11.2. The number of nitrogens with zero attached hydrogens (tertiary/aromatic N) is 5. The number of ether oxygens (including phenoxy) is 3. The molecule has 1 aliphatic carbocycles. The van der Waals surface area contributed by atoms with Gasteiger partial charge in [0.25, 0.3) is 5.88 Å². The fourth-order valence-corrected chi connectivity index (χ4v) is 4.68. The summed E-state index contributed by atoms with van der Waals surface area (Å²) >= 11 is 0. The van der Waals surface area contributed by atoms with Crippen molar-refractivity contribution in [1.82, 2.24) is 25.0 Å². The van der Waals surface area contributed by atoms with E-state index in [1.165, 1.54) is 17.5 Å². The number of fused-ring (bicyclic) bond motifs is 2. The van der Waals surface area contributed by atoms with E-state index >= 15 is 0 Å². The zero-order valence-corrected chi connectivity index (χ0v) is 18.7. The summed E-state index contributed by atoms with van der Waals surface area (Å²) in [5.41, 5.74) is 5.08. The van der Waals surface area contributed by atoms with Gasteiger partial charge < -0.3 is 18.7 Å². The van der Waals surface area contributed by atoms with Crippen molar-refractivity contribution in [1.29, 1.82) is 0 Å². The lowest BCUT2D eigenvalue weighted by Crippen LogP contribution is -2.37. The summed E-state index contributed by atoms with van der Waals surface area (Å²) in [6.45, 7) is 4.07. The zero-order chi connectivity index (χ0) is 22.4. The molecule has 6 rings (SSSR count). The van der Waals surface area contributed by atoms with Crippen LogP contribution in [-0.2, 0) is 24.2 Å². The first-order valence-electron chi connectivity index (χ1n) is 11.2. The third kappa shape index (κ3) is 3.72. The summed E-state index contributed by atoms with van der Waals surface area (Å²) in [7, 11) is 1.58. The van der Waals surface area contributed by atoms with Gasteiger partial charge in [-0.3, -0.25) is 0 Å². The lowest BCUT2D eigenvalue weighted by molar-refractivity contribution is -0.0631. The van der Waals surface area contributed by atoms with Crippen LogP contribution in [0.5, 0.6) is 11.6 Å². The van der Waals surface area contributed by atoms with E-state index in [-0.39, 0.29) is 0 Å². The summed E-state index contributed by atoms with van der Waals surface area (Å²) in [5, 5.41) is 17.0. The highest BCUT2D eigenvalue weighted by atomic mass is 16.5. The molecule has 4 heterocycles. The molecule has 9 heteroatoms. The van der Waals surface area contributed by atoms with Gasteiger partial charge in [-0.1, -0.05) is 23.4 Å². The molecule has 3 aromatic heterocycles. The van der Waals surface area contributed by atoms with Gasteiger partial charge in [0, 0.05) is 18.1 Å². The first kappa shape index (κ1) is 20.2. The molecule has 0 radical (unpaired) electrons. The molecule has 1 fully saturated rings. The van der Waals surface area contributed by atoms with Crippen molar-refractivity contribution in [2.75, 3.05) is 20.3 Å². The highest BCUT2D eigenvalue weighted by Crippen LogP contribution is 2.34. The lowest BCUT2D eigenvalue weighted by Gasteiger charge is -2.36. The molecular formula is C24H25N5O4. The number of aryl methyl sites for hydroxylation is 2. The maximum atomic E-state index is 6.09. The predicted molar refractivity (Wildman–Crippen MR) is 118 cm³/mol. The molecule has 1 unspecified atom stereocenters. The Labute approximate surface area is 190 Å². The van der Waals surface area contributed by atoms with Crippen molar-refractivity contribution < 1.29 is 18.7 Å². The van der Waals surface area contributed by atoms with Crippen LogP contribution in [0, 0.1) is 18.8 Å². The molecular weight excluding hydrogens is 422 g/mol. The minimum atomic E-state index is 0.369. The number of rotatable bonds is 6. The van der Waals surface area contributed by atoms with Crippen molar-refractivity contribution in [3.63, 3.8) is 0 Å². The van der Waals surface area contributed by atoms with E-state index < -0.39 is 0 Å². The molecule has 1 aliphatic heterocycles. The van der Waals surface area contributed by atoms with E-state index in [2.05, 4.69) is 38.7 Å². The molecule has 0 spiro atoms. The van der Waals surface area contributed by atoms with Gasteiger partial charge in [-0.2, -0.15) is 4.52 Å². The van der Waals surface area contributed by atoms with Crippen molar-refractivity contribution in [3.8, 4) is 23.1 Å². The number of hydrogen-bond donors (Lipinski definition) is 0. The van der Waals surface area contributed by atoms with Gasteiger partial charge in [0.05, 0.1) is 20.3 Å². The number of hydrogen-bond acceptors (Lipinski definition) is 8. The molecule has 4 aromatic rings. The molecule has 9 nitrogen and oxygen atoms in total. The van der Waals surface area contributed by atoms with E-state index in [0.717, 1.165) is 43.5 Å². The van der Waals surface area contributed by atoms with Gasteiger partial charge in [0.15, 0.2) is 17.1 Å². The van der Waals surface area contributed by atoms with Crippen molar-refractivity contribution in [2.45, 2.75) is 32.8 Å². The van der Waals surface area contributed by atoms with E-state index in [1.807, 2.05) is 6.92 Å². The Morgan fingerprint density at radius 2 is 2.00 bits per heavy atom. The third-order valence-corrected chi connectivity index (χ3v) is 6.65. The molecule has 170 valence electrons. The minimum Gasteiger partial charge on any atom is -0.491 e. The Morgan fingerprint density at radius 1 is 1.09 bits per heavy atom. The van der Waals surface area contributed by atoms with Crippen LogP contribution in [-0.4, -0.2) is 45.3 Å². The Hall–Kier alpha value is -3.46. The van der Waals surface area contributed by atoms with Gasteiger partial charge in [-0.05, 0) is 48.8 Å². The second-order valence-corrected chi connectivity index (χ2v) is 8.83. The average molecular weight is 447 g/mol. The van der Waals surface area contributed by atoms with E-state index in [4.69, 9.17) is 18.7 Å². The number of benzene rings is 1. The molecule has 1 atom stereocenters.